The van der Waals surface area contributed by atoms with E-state index < -0.39 is 0 Å². The molecule has 0 amide bonds. The molecule has 1 aliphatic carbocycles. The summed E-state index contributed by atoms with van der Waals surface area (Å²) in [7, 11) is 0. The highest BCUT2D eigenvalue weighted by molar-refractivity contribution is 4.87. The zero-order valence-electron chi connectivity index (χ0n) is 10.5. The van der Waals surface area contributed by atoms with E-state index in [1.165, 1.54) is 32.1 Å². The highest BCUT2D eigenvalue weighted by Gasteiger charge is 2.34. The average Bonchev–Trinajstić information content (AvgIpc) is 2.51. The fourth-order valence-corrected chi connectivity index (χ4v) is 2.88. The van der Waals surface area contributed by atoms with Gasteiger partial charge >= 0.3 is 0 Å². The van der Waals surface area contributed by atoms with Gasteiger partial charge in [-0.2, -0.15) is 0 Å². The first-order valence-corrected chi connectivity index (χ1v) is 6.75. The van der Waals surface area contributed by atoms with Gasteiger partial charge in [0.05, 0.1) is 19.3 Å². The fraction of sp³-hybridized carbons (Fsp3) is 1.00. The molecule has 0 radical (unpaired) electrons. The van der Waals surface area contributed by atoms with Crippen LogP contribution in [0.4, 0.5) is 0 Å². The van der Waals surface area contributed by atoms with E-state index >= 15 is 0 Å². The first-order chi connectivity index (χ1) is 7.85. The Hall–Kier alpha value is -0.120. The van der Waals surface area contributed by atoms with Gasteiger partial charge in [-0.1, -0.05) is 19.3 Å². The van der Waals surface area contributed by atoms with Gasteiger partial charge in [0.1, 0.15) is 0 Å². The normalized spacial score (nSPS) is 30.2. The first-order valence-electron chi connectivity index (χ1n) is 6.75. The van der Waals surface area contributed by atoms with Gasteiger partial charge in [0.2, 0.25) is 0 Å². The second-order valence-corrected chi connectivity index (χ2v) is 5.28. The molecule has 1 spiro atoms. The molecule has 2 rings (SSSR count). The summed E-state index contributed by atoms with van der Waals surface area (Å²) in [6.07, 6.45) is 7.08. The first kappa shape index (κ1) is 12.3. The summed E-state index contributed by atoms with van der Waals surface area (Å²) in [5, 5.41) is 3.56. The van der Waals surface area contributed by atoms with Crippen LogP contribution in [0.2, 0.25) is 0 Å². The number of hydrogen-bond acceptors (Lipinski definition) is 3. The molecule has 0 aromatic rings. The molecule has 1 saturated carbocycles. The fourth-order valence-electron chi connectivity index (χ4n) is 2.88. The molecule has 16 heavy (non-hydrogen) atoms. The second kappa shape index (κ2) is 5.99. The van der Waals surface area contributed by atoms with Crippen molar-refractivity contribution in [3.8, 4) is 0 Å². The molecule has 1 saturated heterocycles. The van der Waals surface area contributed by atoms with Crippen LogP contribution in [0.5, 0.6) is 0 Å². The lowest BCUT2D eigenvalue weighted by atomic mass is 9.75. The quantitative estimate of drug-likeness (QED) is 0.799. The van der Waals surface area contributed by atoms with Crippen LogP contribution in [-0.4, -0.2) is 39.0 Å². The summed E-state index contributed by atoms with van der Waals surface area (Å²) >= 11 is 0. The third kappa shape index (κ3) is 3.19. The van der Waals surface area contributed by atoms with Crippen molar-refractivity contribution < 1.29 is 9.47 Å². The van der Waals surface area contributed by atoms with E-state index in [-0.39, 0.29) is 6.10 Å². The Kier molecular flexibility index (Phi) is 4.62. The average molecular weight is 227 g/mol. The van der Waals surface area contributed by atoms with E-state index in [0.717, 1.165) is 32.9 Å². The topological polar surface area (TPSA) is 30.5 Å². The van der Waals surface area contributed by atoms with Crippen LogP contribution >= 0.6 is 0 Å². The number of nitrogens with one attached hydrogen (secondary N) is 1. The number of hydrogen-bond donors (Lipinski definition) is 1. The molecule has 1 atom stereocenters. The lowest BCUT2D eigenvalue weighted by molar-refractivity contribution is -0.0386. The monoisotopic (exact) mass is 227 g/mol. The molecule has 1 N–H and O–H groups in total. The minimum atomic E-state index is 0.251. The third-order valence-electron chi connectivity index (χ3n) is 3.92. The Labute approximate surface area is 98.9 Å². The van der Waals surface area contributed by atoms with E-state index in [0.29, 0.717) is 5.41 Å². The predicted octanol–water partition coefficient (Wildman–Crippen LogP) is 1.96. The highest BCUT2D eigenvalue weighted by atomic mass is 16.5. The maximum absolute atomic E-state index is 6.01. The Bertz CT molecular complexity index is 202. The maximum atomic E-state index is 6.01. The Morgan fingerprint density at radius 1 is 1.31 bits per heavy atom. The summed E-state index contributed by atoms with van der Waals surface area (Å²) in [6.45, 7) is 6.56. The molecule has 2 fully saturated rings. The second-order valence-electron chi connectivity index (χ2n) is 5.28. The molecule has 0 bridgehead atoms. The van der Waals surface area contributed by atoms with Gasteiger partial charge in [-0.25, -0.2) is 0 Å². The Morgan fingerprint density at radius 3 is 2.88 bits per heavy atom. The van der Waals surface area contributed by atoms with Crippen LogP contribution in [-0.2, 0) is 9.47 Å². The standard InChI is InChI=1S/C13H25NO2/c1-2-15-9-12-8-14-10-13(11-16-12)6-4-3-5-7-13/h12,14H,2-11H2,1H3. The van der Waals surface area contributed by atoms with Crippen molar-refractivity contribution in [1.82, 2.24) is 5.32 Å². The molecular formula is C13H25NO2. The minimum Gasteiger partial charge on any atom is -0.379 e. The van der Waals surface area contributed by atoms with Gasteiger partial charge in [0.15, 0.2) is 0 Å². The highest BCUT2D eigenvalue weighted by Crippen LogP contribution is 2.37. The van der Waals surface area contributed by atoms with Gasteiger partial charge in [0.25, 0.3) is 0 Å². The molecule has 3 nitrogen and oxygen atoms in total. The Balaban J connectivity index is 1.82. The van der Waals surface area contributed by atoms with Crippen LogP contribution < -0.4 is 5.32 Å². The lowest BCUT2D eigenvalue weighted by Gasteiger charge is -2.35. The molecule has 94 valence electrons. The van der Waals surface area contributed by atoms with Crippen LogP contribution in [0.15, 0.2) is 0 Å². The molecule has 0 aromatic carbocycles. The lowest BCUT2D eigenvalue weighted by Crippen LogP contribution is -2.37. The van der Waals surface area contributed by atoms with Gasteiger partial charge in [0, 0.05) is 25.1 Å². The van der Waals surface area contributed by atoms with Crippen LogP contribution in [0.3, 0.4) is 0 Å². The van der Waals surface area contributed by atoms with Crippen molar-refractivity contribution in [3.05, 3.63) is 0 Å². The van der Waals surface area contributed by atoms with Gasteiger partial charge in [-0.3, -0.25) is 0 Å². The van der Waals surface area contributed by atoms with Gasteiger partial charge < -0.3 is 14.8 Å². The van der Waals surface area contributed by atoms with E-state index in [1.54, 1.807) is 0 Å². The van der Waals surface area contributed by atoms with Crippen molar-refractivity contribution in [3.63, 3.8) is 0 Å². The molecular weight excluding hydrogens is 202 g/mol. The van der Waals surface area contributed by atoms with Crippen molar-refractivity contribution in [2.24, 2.45) is 5.41 Å². The summed E-state index contributed by atoms with van der Waals surface area (Å²) in [5.74, 6) is 0. The largest absolute Gasteiger partial charge is 0.379 e. The molecule has 1 aliphatic heterocycles. The minimum absolute atomic E-state index is 0.251. The van der Waals surface area contributed by atoms with Gasteiger partial charge in [-0.05, 0) is 19.8 Å². The predicted molar refractivity (Wildman–Crippen MR) is 64.6 cm³/mol. The van der Waals surface area contributed by atoms with Crippen molar-refractivity contribution in [1.29, 1.82) is 0 Å². The van der Waals surface area contributed by atoms with E-state index in [4.69, 9.17) is 9.47 Å². The zero-order chi connectivity index (χ0) is 11.3. The van der Waals surface area contributed by atoms with Crippen LogP contribution in [0.25, 0.3) is 0 Å². The SMILES string of the molecule is CCOCC1CNCC2(CCCCC2)CO1. The van der Waals surface area contributed by atoms with Crippen LogP contribution in [0, 0.1) is 5.41 Å². The van der Waals surface area contributed by atoms with Gasteiger partial charge in [-0.15, -0.1) is 0 Å². The Morgan fingerprint density at radius 2 is 2.12 bits per heavy atom. The zero-order valence-corrected chi connectivity index (χ0v) is 10.5. The molecule has 1 heterocycles. The summed E-state index contributed by atoms with van der Waals surface area (Å²) < 4.78 is 11.5. The molecule has 2 aliphatic rings. The van der Waals surface area contributed by atoms with E-state index in [9.17, 15) is 0 Å². The summed E-state index contributed by atoms with van der Waals surface area (Å²) in [4.78, 5) is 0. The third-order valence-corrected chi connectivity index (χ3v) is 3.92. The molecule has 3 heteroatoms. The van der Waals surface area contributed by atoms with E-state index in [1.807, 2.05) is 6.92 Å². The molecule has 0 aromatic heterocycles. The smallest absolute Gasteiger partial charge is 0.0932 e. The summed E-state index contributed by atoms with van der Waals surface area (Å²) in [5.41, 5.74) is 0.430. The molecule has 1 unspecified atom stereocenters. The van der Waals surface area contributed by atoms with Crippen molar-refractivity contribution in [2.45, 2.75) is 45.1 Å². The van der Waals surface area contributed by atoms with Crippen molar-refractivity contribution in [2.75, 3.05) is 32.9 Å². The van der Waals surface area contributed by atoms with Crippen molar-refractivity contribution >= 4 is 0 Å². The van der Waals surface area contributed by atoms with Crippen LogP contribution in [0.1, 0.15) is 39.0 Å². The summed E-state index contributed by atoms with van der Waals surface area (Å²) in [6, 6.07) is 0. The van der Waals surface area contributed by atoms with E-state index in [2.05, 4.69) is 5.32 Å². The number of rotatable bonds is 3. The maximum Gasteiger partial charge on any atom is 0.0932 e. The number of ether oxygens (including phenoxy) is 2.